The lowest BCUT2D eigenvalue weighted by Crippen LogP contribution is -2.39. The van der Waals surface area contributed by atoms with Crippen molar-refractivity contribution in [2.45, 2.75) is 13.8 Å². The van der Waals surface area contributed by atoms with Crippen LogP contribution in [0, 0.1) is 13.8 Å². The van der Waals surface area contributed by atoms with E-state index in [9.17, 15) is 14.4 Å². The van der Waals surface area contributed by atoms with Gasteiger partial charge in [-0.15, -0.1) is 0 Å². The molecule has 0 unspecified atom stereocenters. The molecule has 0 radical (unpaired) electrons. The molecule has 0 saturated carbocycles. The van der Waals surface area contributed by atoms with Crippen molar-refractivity contribution in [2.24, 2.45) is 0 Å². The second kappa shape index (κ2) is 8.43. The van der Waals surface area contributed by atoms with E-state index in [1.807, 2.05) is 0 Å². The van der Waals surface area contributed by atoms with E-state index in [2.05, 4.69) is 9.97 Å². The van der Waals surface area contributed by atoms with E-state index in [1.165, 1.54) is 19.5 Å². The van der Waals surface area contributed by atoms with E-state index in [-0.39, 0.29) is 11.5 Å². The van der Waals surface area contributed by atoms with Crippen LogP contribution in [0.4, 0.5) is 5.82 Å². The van der Waals surface area contributed by atoms with Crippen molar-refractivity contribution < 1.29 is 19.1 Å². The summed E-state index contributed by atoms with van der Waals surface area (Å²) in [6, 6.07) is 13.8. The molecule has 1 heterocycles. The van der Waals surface area contributed by atoms with Gasteiger partial charge in [-0.2, -0.15) is 0 Å². The zero-order valence-electron chi connectivity index (χ0n) is 16.2. The van der Waals surface area contributed by atoms with Crippen molar-refractivity contribution >= 4 is 23.6 Å². The molecule has 2 amide bonds. The van der Waals surface area contributed by atoms with Gasteiger partial charge in [0, 0.05) is 23.5 Å². The van der Waals surface area contributed by atoms with Crippen LogP contribution >= 0.6 is 0 Å². The Bertz CT molecular complexity index is 1040. The second-order valence-electron chi connectivity index (χ2n) is 6.30. The molecule has 1 aromatic heterocycles. The molecule has 0 N–H and O–H groups in total. The van der Waals surface area contributed by atoms with Crippen LogP contribution in [0.3, 0.4) is 0 Å². The zero-order chi connectivity index (χ0) is 21.0. The summed E-state index contributed by atoms with van der Waals surface area (Å²) >= 11 is 0. The number of esters is 1. The Morgan fingerprint density at radius 2 is 1.28 bits per heavy atom. The van der Waals surface area contributed by atoms with Crippen molar-refractivity contribution in [1.29, 1.82) is 0 Å². The Morgan fingerprint density at radius 1 is 0.793 bits per heavy atom. The monoisotopic (exact) mass is 389 g/mol. The van der Waals surface area contributed by atoms with Gasteiger partial charge < -0.3 is 4.74 Å². The molecular weight excluding hydrogens is 370 g/mol. The first-order chi connectivity index (χ1) is 14.0. The fourth-order valence-electron chi connectivity index (χ4n) is 2.89. The molecule has 7 nitrogen and oxygen atoms in total. The van der Waals surface area contributed by atoms with Gasteiger partial charge >= 0.3 is 5.97 Å². The highest BCUT2D eigenvalue weighted by Gasteiger charge is 2.33. The number of amides is 2. The number of hydrogen-bond donors (Lipinski definition) is 0. The minimum absolute atomic E-state index is 0.180. The number of imide groups is 1. The third-order valence-corrected chi connectivity index (χ3v) is 4.43. The molecule has 7 heteroatoms. The number of nitrogens with zero attached hydrogens (tertiary/aromatic N) is 3. The largest absolute Gasteiger partial charge is 0.464 e. The zero-order valence-corrected chi connectivity index (χ0v) is 16.2. The third kappa shape index (κ3) is 3.89. The van der Waals surface area contributed by atoms with E-state index in [0.717, 1.165) is 4.90 Å². The third-order valence-electron chi connectivity index (χ3n) is 4.43. The number of aromatic nitrogens is 2. The van der Waals surface area contributed by atoms with Crippen molar-refractivity contribution in [3.63, 3.8) is 0 Å². The molecule has 0 fully saturated rings. The summed E-state index contributed by atoms with van der Waals surface area (Å²) in [4.78, 5) is 48.1. The molecule has 29 heavy (non-hydrogen) atoms. The molecule has 0 saturated heterocycles. The Hall–Kier alpha value is -3.87. The van der Waals surface area contributed by atoms with Crippen LogP contribution in [0.25, 0.3) is 0 Å². The quantitative estimate of drug-likeness (QED) is 0.502. The van der Waals surface area contributed by atoms with E-state index >= 15 is 0 Å². The molecule has 0 aliphatic heterocycles. The minimum atomic E-state index is -0.798. The van der Waals surface area contributed by atoms with Crippen LogP contribution < -0.4 is 4.90 Å². The molecule has 0 spiro atoms. The number of ether oxygens (including phenoxy) is 1. The van der Waals surface area contributed by atoms with E-state index in [0.29, 0.717) is 22.3 Å². The van der Waals surface area contributed by atoms with Crippen molar-refractivity contribution in [1.82, 2.24) is 9.97 Å². The fraction of sp³-hybridized carbons (Fsp3) is 0.136. The topological polar surface area (TPSA) is 89.5 Å². The predicted octanol–water partition coefficient (Wildman–Crippen LogP) is 3.37. The molecule has 3 aromatic rings. The van der Waals surface area contributed by atoms with Gasteiger partial charge in [0.05, 0.1) is 7.11 Å². The van der Waals surface area contributed by atoms with Crippen molar-refractivity contribution in [2.75, 3.05) is 12.0 Å². The number of carbonyl (C=O) groups is 3. The van der Waals surface area contributed by atoms with Crippen LogP contribution in [-0.2, 0) is 4.74 Å². The first kappa shape index (κ1) is 19.9. The molecule has 3 rings (SSSR count). The van der Waals surface area contributed by atoms with Crippen LogP contribution in [0.1, 0.15) is 42.3 Å². The number of aryl methyl sites for hydroxylation is 2. The first-order valence-corrected chi connectivity index (χ1v) is 8.85. The number of hydrogen-bond acceptors (Lipinski definition) is 6. The normalized spacial score (nSPS) is 10.3. The highest BCUT2D eigenvalue weighted by atomic mass is 16.5. The summed E-state index contributed by atoms with van der Waals surface area (Å²) < 4.78 is 4.75. The summed E-state index contributed by atoms with van der Waals surface area (Å²) in [6.45, 7) is 3.53. The standard InChI is InChI=1S/C22H19N3O4/c1-14-8-4-6-10-16(14)20(26)25(21(27)17-11-7-5-9-15(17)2)19-18(22(28)29-3)23-12-13-24-19/h4-13H,1-3H3. The summed E-state index contributed by atoms with van der Waals surface area (Å²) in [7, 11) is 1.19. The van der Waals surface area contributed by atoms with Gasteiger partial charge in [-0.05, 0) is 37.1 Å². The number of carbonyl (C=O) groups excluding carboxylic acids is 3. The highest BCUT2D eigenvalue weighted by Crippen LogP contribution is 2.24. The number of anilines is 1. The SMILES string of the molecule is COC(=O)c1nccnc1N(C(=O)c1ccccc1C)C(=O)c1ccccc1C. The van der Waals surface area contributed by atoms with Crippen LogP contribution in [-0.4, -0.2) is 34.9 Å². The van der Waals surface area contributed by atoms with E-state index in [4.69, 9.17) is 4.74 Å². The summed E-state index contributed by atoms with van der Waals surface area (Å²) in [6.07, 6.45) is 2.61. The summed E-state index contributed by atoms with van der Waals surface area (Å²) in [5, 5.41) is 0. The molecule has 2 aromatic carbocycles. The molecule has 0 bridgehead atoms. The van der Waals surface area contributed by atoms with E-state index in [1.54, 1.807) is 62.4 Å². The average Bonchev–Trinajstić information content (AvgIpc) is 2.74. The molecular formula is C22H19N3O4. The lowest BCUT2D eigenvalue weighted by molar-refractivity contribution is 0.0594. The van der Waals surface area contributed by atoms with Crippen molar-refractivity contribution in [3.05, 3.63) is 88.9 Å². The van der Waals surface area contributed by atoms with Gasteiger partial charge in [0.2, 0.25) is 0 Å². The van der Waals surface area contributed by atoms with Gasteiger partial charge in [-0.1, -0.05) is 36.4 Å². The smallest absolute Gasteiger partial charge is 0.360 e. The Labute approximate surface area is 168 Å². The summed E-state index contributed by atoms with van der Waals surface area (Å²) in [5.74, 6) is -2.20. The maximum Gasteiger partial charge on any atom is 0.360 e. The van der Waals surface area contributed by atoms with Crippen LogP contribution in [0.2, 0.25) is 0 Å². The Morgan fingerprint density at radius 3 is 1.76 bits per heavy atom. The van der Waals surface area contributed by atoms with Gasteiger partial charge in [0.25, 0.3) is 11.8 Å². The lowest BCUT2D eigenvalue weighted by atomic mass is 10.0. The highest BCUT2D eigenvalue weighted by molar-refractivity contribution is 6.27. The maximum absolute atomic E-state index is 13.4. The number of rotatable bonds is 4. The molecule has 0 aliphatic carbocycles. The summed E-state index contributed by atoms with van der Waals surface area (Å²) in [5.41, 5.74) is 1.78. The maximum atomic E-state index is 13.4. The first-order valence-electron chi connectivity index (χ1n) is 8.85. The van der Waals surface area contributed by atoms with Gasteiger partial charge in [-0.3, -0.25) is 9.59 Å². The number of benzene rings is 2. The minimum Gasteiger partial charge on any atom is -0.464 e. The Kier molecular flexibility index (Phi) is 5.78. The molecule has 0 aliphatic rings. The van der Waals surface area contributed by atoms with Gasteiger partial charge in [0.1, 0.15) is 0 Å². The van der Waals surface area contributed by atoms with Crippen molar-refractivity contribution in [3.8, 4) is 0 Å². The molecule has 0 atom stereocenters. The van der Waals surface area contributed by atoms with Crippen LogP contribution in [0.15, 0.2) is 60.9 Å². The average molecular weight is 389 g/mol. The molecule has 146 valence electrons. The van der Waals surface area contributed by atoms with Gasteiger partial charge in [-0.25, -0.2) is 19.7 Å². The van der Waals surface area contributed by atoms with Crippen LogP contribution in [0.5, 0.6) is 0 Å². The lowest BCUT2D eigenvalue weighted by Gasteiger charge is -2.22. The Balaban J connectivity index is 2.22. The fourth-order valence-corrected chi connectivity index (χ4v) is 2.89. The van der Waals surface area contributed by atoms with E-state index < -0.39 is 17.8 Å². The number of methoxy groups -OCH3 is 1. The predicted molar refractivity (Wildman–Crippen MR) is 107 cm³/mol. The second-order valence-corrected chi connectivity index (χ2v) is 6.30. The van der Waals surface area contributed by atoms with Gasteiger partial charge in [0.15, 0.2) is 11.5 Å².